The molecule has 2 rings (SSSR count). The minimum Gasteiger partial charge on any atom is -0.481 e. The number of halogens is 3. The fourth-order valence-corrected chi connectivity index (χ4v) is 1.37. The lowest BCUT2D eigenvalue weighted by Gasteiger charge is -2.09. The summed E-state index contributed by atoms with van der Waals surface area (Å²) in [4.78, 5) is 3.97. The molecule has 0 spiro atoms. The van der Waals surface area contributed by atoms with E-state index in [0.717, 1.165) is 17.7 Å². The number of benzene rings is 1. The molecular formula is C10H8F3NO. The van der Waals surface area contributed by atoms with Gasteiger partial charge in [-0.05, 0) is 17.7 Å². The summed E-state index contributed by atoms with van der Waals surface area (Å²) in [5.74, 6) is 0. The fourth-order valence-electron chi connectivity index (χ4n) is 1.37. The minimum absolute atomic E-state index is 0.174. The van der Waals surface area contributed by atoms with Gasteiger partial charge in [0.25, 0.3) is 0 Å². The molecule has 5 heteroatoms. The van der Waals surface area contributed by atoms with Crippen molar-refractivity contribution in [2.45, 2.75) is 12.2 Å². The van der Waals surface area contributed by atoms with Crippen LogP contribution in [-0.4, -0.2) is 13.0 Å². The van der Waals surface area contributed by atoms with Crippen molar-refractivity contribution in [2.75, 3.05) is 6.61 Å². The maximum Gasteiger partial charge on any atom is 0.416 e. The van der Waals surface area contributed by atoms with Crippen molar-refractivity contribution >= 4 is 6.40 Å². The maximum absolute atomic E-state index is 12.2. The summed E-state index contributed by atoms with van der Waals surface area (Å²) in [6.07, 6.45) is -2.96. The molecule has 2 nitrogen and oxygen atoms in total. The van der Waals surface area contributed by atoms with E-state index in [2.05, 4.69) is 4.99 Å². The molecule has 1 atom stereocenters. The van der Waals surface area contributed by atoms with Gasteiger partial charge in [0.05, 0.1) is 5.56 Å². The predicted octanol–water partition coefficient (Wildman–Crippen LogP) is 2.81. The summed E-state index contributed by atoms with van der Waals surface area (Å²) in [7, 11) is 0. The second-order valence-electron chi connectivity index (χ2n) is 3.22. The molecule has 0 saturated carbocycles. The van der Waals surface area contributed by atoms with Crippen LogP contribution in [0.2, 0.25) is 0 Å². The molecule has 1 aliphatic rings. The standard InChI is InChI=1S/C10H8F3NO/c11-10(12,13)8-3-1-7(2-4-8)9-5-15-6-14-9/h1-4,6,9H,5H2/t9-/m1/s1. The van der Waals surface area contributed by atoms with Gasteiger partial charge in [0.2, 0.25) is 0 Å². The van der Waals surface area contributed by atoms with E-state index in [9.17, 15) is 13.2 Å². The second kappa shape index (κ2) is 3.56. The first kappa shape index (κ1) is 10.0. The molecule has 0 fully saturated rings. The van der Waals surface area contributed by atoms with Crippen molar-refractivity contribution in [3.63, 3.8) is 0 Å². The molecule has 0 N–H and O–H groups in total. The zero-order chi connectivity index (χ0) is 10.9. The largest absolute Gasteiger partial charge is 0.481 e. The number of rotatable bonds is 1. The van der Waals surface area contributed by atoms with Gasteiger partial charge in [0, 0.05) is 0 Å². The summed E-state index contributed by atoms with van der Waals surface area (Å²) in [6, 6.07) is 4.80. The third kappa shape index (κ3) is 2.11. The first-order valence-corrected chi connectivity index (χ1v) is 4.38. The Morgan fingerprint density at radius 1 is 1.20 bits per heavy atom. The second-order valence-corrected chi connectivity index (χ2v) is 3.22. The molecule has 0 aromatic heterocycles. The van der Waals surface area contributed by atoms with E-state index in [1.54, 1.807) is 0 Å². The fraction of sp³-hybridized carbons (Fsp3) is 0.300. The highest BCUT2D eigenvalue weighted by atomic mass is 19.4. The molecule has 1 aromatic carbocycles. The van der Waals surface area contributed by atoms with Crippen LogP contribution in [0.5, 0.6) is 0 Å². The average molecular weight is 215 g/mol. The van der Waals surface area contributed by atoms with Gasteiger partial charge in [0.1, 0.15) is 12.6 Å². The van der Waals surface area contributed by atoms with Crippen molar-refractivity contribution < 1.29 is 17.9 Å². The molecule has 1 aliphatic heterocycles. The molecule has 1 heterocycles. The molecule has 0 amide bonds. The third-order valence-electron chi connectivity index (χ3n) is 2.19. The van der Waals surface area contributed by atoms with Gasteiger partial charge in [-0.1, -0.05) is 12.1 Å². The van der Waals surface area contributed by atoms with E-state index in [-0.39, 0.29) is 6.04 Å². The van der Waals surface area contributed by atoms with E-state index in [4.69, 9.17) is 4.74 Å². The lowest BCUT2D eigenvalue weighted by molar-refractivity contribution is -0.137. The summed E-state index contributed by atoms with van der Waals surface area (Å²) < 4.78 is 41.6. The van der Waals surface area contributed by atoms with E-state index in [1.807, 2.05) is 0 Å². The monoisotopic (exact) mass is 215 g/mol. The van der Waals surface area contributed by atoms with Gasteiger partial charge in [-0.3, -0.25) is 0 Å². The molecule has 0 radical (unpaired) electrons. The summed E-state index contributed by atoms with van der Waals surface area (Å²) in [5.41, 5.74) is 0.0888. The van der Waals surface area contributed by atoms with Crippen LogP contribution in [0.15, 0.2) is 29.3 Å². The average Bonchev–Trinajstić information content (AvgIpc) is 2.69. The van der Waals surface area contributed by atoms with Crippen molar-refractivity contribution in [2.24, 2.45) is 4.99 Å². The van der Waals surface area contributed by atoms with E-state index < -0.39 is 11.7 Å². The highest BCUT2D eigenvalue weighted by molar-refractivity contribution is 5.50. The number of alkyl halides is 3. The first-order valence-electron chi connectivity index (χ1n) is 4.38. The normalized spacial score (nSPS) is 20.3. The maximum atomic E-state index is 12.2. The third-order valence-corrected chi connectivity index (χ3v) is 2.19. The van der Waals surface area contributed by atoms with Crippen LogP contribution in [0.25, 0.3) is 0 Å². The molecule has 80 valence electrons. The van der Waals surface area contributed by atoms with E-state index >= 15 is 0 Å². The van der Waals surface area contributed by atoms with Crippen molar-refractivity contribution in [1.82, 2.24) is 0 Å². The Bertz CT molecular complexity index is 369. The SMILES string of the molecule is FC(F)(F)c1ccc([C@H]2COC=N2)cc1. The number of nitrogens with zero attached hydrogens (tertiary/aromatic N) is 1. The predicted molar refractivity (Wildman–Crippen MR) is 48.6 cm³/mol. The molecule has 15 heavy (non-hydrogen) atoms. The first-order chi connectivity index (χ1) is 7.07. The molecule has 0 saturated heterocycles. The molecule has 0 bridgehead atoms. The zero-order valence-corrected chi connectivity index (χ0v) is 7.66. The summed E-state index contributed by atoms with van der Waals surface area (Å²) in [6.45, 7) is 0.394. The van der Waals surface area contributed by atoms with E-state index in [0.29, 0.717) is 6.61 Å². The Labute approximate surface area is 84.4 Å². The smallest absolute Gasteiger partial charge is 0.416 e. The van der Waals surface area contributed by atoms with Gasteiger partial charge >= 0.3 is 6.18 Å². The Hall–Kier alpha value is -1.52. The van der Waals surface area contributed by atoms with Crippen LogP contribution >= 0.6 is 0 Å². The zero-order valence-electron chi connectivity index (χ0n) is 7.66. The Morgan fingerprint density at radius 2 is 1.87 bits per heavy atom. The van der Waals surface area contributed by atoms with Gasteiger partial charge in [-0.2, -0.15) is 13.2 Å². The highest BCUT2D eigenvalue weighted by Gasteiger charge is 2.30. The number of ether oxygens (including phenoxy) is 1. The van der Waals surface area contributed by atoms with Crippen LogP contribution in [0, 0.1) is 0 Å². The van der Waals surface area contributed by atoms with Crippen molar-refractivity contribution in [3.05, 3.63) is 35.4 Å². The lowest BCUT2D eigenvalue weighted by Crippen LogP contribution is -2.05. The van der Waals surface area contributed by atoms with Gasteiger partial charge in [-0.25, -0.2) is 4.99 Å². The van der Waals surface area contributed by atoms with Crippen molar-refractivity contribution in [1.29, 1.82) is 0 Å². The van der Waals surface area contributed by atoms with Crippen LogP contribution in [-0.2, 0) is 10.9 Å². The Balaban J connectivity index is 2.20. The number of hydrogen-bond acceptors (Lipinski definition) is 2. The molecule has 1 aromatic rings. The Morgan fingerprint density at radius 3 is 2.33 bits per heavy atom. The van der Waals surface area contributed by atoms with Gasteiger partial charge < -0.3 is 4.74 Å². The van der Waals surface area contributed by atoms with Crippen LogP contribution in [0.1, 0.15) is 17.2 Å². The molecule has 0 aliphatic carbocycles. The topological polar surface area (TPSA) is 21.6 Å². The Kier molecular flexibility index (Phi) is 2.38. The number of hydrogen-bond donors (Lipinski definition) is 0. The van der Waals surface area contributed by atoms with Crippen LogP contribution in [0.3, 0.4) is 0 Å². The quantitative estimate of drug-likeness (QED) is 0.705. The number of aliphatic imine (C=N–C) groups is 1. The van der Waals surface area contributed by atoms with Crippen LogP contribution in [0.4, 0.5) is 13.2 Å². The van der Waals surface area contributed by atoms with Crippen LogP contribution < -0.4 is 0 Å². The summed E-state index contributed by atoms with van der Waals surface area (Å²) >= 11 is 0. The van der Waals surface area contributed by atoms with Crippen molar-refractivity contribution in [3.8, 4) is 0 Å². The van der Waals surface area contributed by atoms with Gasteiger partial charge in [-0.15, -0.1) is 0 Å². The highest BCUT2D eigenvalue weighted by Crippen LogP contribution is 2.30. The minimum atomic E-state index is -4.28. The van der Waals surface area contributed by atoms with E-state index in [1.165, 1.54) is 18.5 Å². The molecular weight excluding hydrogens is 207 g/mol. The van der Waals surface area contributed by atoms with Gasteiger partial charge in [0.15, 0.2) is 6.40 Å². The molecule has 0 unspecified atom stereocenters. The lowest BCUT2D eigenvalue weighted by atomic mass is 10.1. The summed E-state index contributed by atoms with van der Waals surface area (Å²) in [5, 5.41) is 0.